The predicted molar refractivity (Wildman–Crippen MR) is 140 cm³/mol. The summed E-state index contributed by atoms with van der Waals surface area (Å²) in [6, 6.07) is 14.6. The predicted octanol–water partition coefficient (Wildman–Crippen LogP) is 5.02. The van der Waals surface area contributed by atoms with Gasteiger partial charge < -0.3 is 5.11 Å². The van der Waals surface area contributed by atoms with Crippen LogP contribution < -0.4 is 11.2 Å². The van der Waals surface area contributed by atoms with Gasteiger partial charge in [0, 0.05) is 35.5 Å². The molecule has 2 aromatic heterocycles. The Bertz CT molecular complexity index is 1410. The quantitative estimate of drug-likeness (QED) is 0.358. The number of aromatic nitrogens is 2. The molecule has 0 saturated heterocycles. The Balaban J connectivity index is 1.93. The van der Waals surface area contributed by atoms with Crippen molar-refractivity contribution in [3.05, 3.63) is 73.7 Å². The lowest BCUT2D eigenvalue weighted by Crippen LogP contribution is -2.38. The van der Waals surface area contributed by atoms with E-state index >= 15 is 0 Å². The van der Waals surface area contributed by atoms with Gasteiger partial charge in [-0.05, 0) is 35.6 Å². The van der Waals surface area contributed by atoms with Gasteiger partial charge in [-0.25, -0.2) is 4.79 Å². The summed E-state index contributed by atoms with van der Waals surface area (Å²) >= 11 is 3.17. The largest absolute Gasteiger partial charge is 0.393 e. The monoisotopic (exact) mass is 482 g/mol. The van der Waals surface area contributed by atoms with Crippen molar-refractivity contribution in [3.8, 4) is 0 Å². The van der Waals surface area contributed by atoms with Crippen LogP contribution in [0, 0.1) is 5.92 Å². The molecule has 0 radical (unpaired) electrons. The molecule has 2 aromatic carbocycles. The summed E-state index contributed by atoms with van der Waals surface area (Å²) in [5.41, 5.74) is 0.696. The van der Waals surface area contributed by atoms with Crippen molar-refractivity contribution in [2.45, 2.75) is 51.2 Å². The first-order valence-corrected chi connectivity index (χ1v) is 13.1. The molecule has 0 spiro atoms. The van der Waals surface area contributed by atoms with Crippen LogP contribution in [0.15, 0.2) is 56.9 Å². The number of aliphatic hydroxyl groups is 1. The van der Waals surface area contributed by atoms with E-state index in [2.05, 4.69) is 44.2 Å². The smallest absolute Gasteiger partial charge is 0.331 e. The molecule has 2 heterocycles. The van der Waals surface area contributed by atoms with Crippen LogP contribution in [0.4, 0.5) is 0 Å². The maximum atomic E-state index is 13.3. The van der Waals surface area contributed by atoms with E-state index in [-0.39, 0.29) is 17.2 Å². The second-order valence-corrected chi connectivity index (χ2v) is 11.2. The molecule has 4 rings (SSSR count). The fraction of sp³-hybridized carbons (Fsp3) is 0.385. The molecular weight excluding hydrogens is 452 g/mol. The van der Waals surface area contributed by atoms with Crippen molar-refractivity contribution in [2.24, 2.45) is 13.0 Å². The van der Waals surface area contributed by atoms with Crippen molar-refractivity contribution in [3.63, 3.8) is 0 Å². The summed E-state index contributed by atoms with van der Waals surface area (Å²) in [4.78, 5) is 29.1. The maximum absolute atomic E-state index is 13.3. The minimum absolute atomic E-state index is 0.241. The van der Waals surface area contributed by atoms with E-state index in [1.165, 1.54) is 20.9 Å². The molecule has 0 amide bonds. The van der Waals surface area contributed by atoms with Gasteiger partial charge in [-0.3, -0.25) is 13.9 Å². The Morgan fingerprint density at radius 1 is 1.06 bits per heavy atom. The highest BCUT2D eigenvalue weighted by molar-refractivity contribution is 7.99. The first kappa shape index (κ1) is 23.8. The van der Waals surface area contributed by atoms with Crippen molar-refractivity contribution < 1.29 is 5.11 Å². The molecular formula is C26H30N2O3S2. The molecule has 1 N–H and O–H groups in total. The molecule has 0 aliphatic carbocycles. The van der Waals surface area contributed by atoms with Crippen molar-refractivity contribution >= 4 is 44.1 Å². The van der Waals surface area contributed by atoms with Crippen molar-refractivity contribution in [1.82, 2.24) is 9.13 Å². The Morgan fingerprint density at radius 3 is 2.52 bits per heavy atom. The van der Waals surface area contributed by atoms with Crippen LogP contribution in [0.5, 0.6) is 0 Å². The second-order valence-electron chi connectivity index (χ2n) is 8.99. The molecule has 4 aromatic rings. The number of benzene rings is 2. The van der Waals surface area contributed by atoms with Crippen LogP contribution in [0.25, 0.3) is 21.0 Å². The Kier molecular flexibility index (Phi) is 7.12. The van der Waals surface area contributed by atoms with Gasteiger partial charge in [0.25, 0.3) is 5.56 Å². The SMILES string of the molecule is CC(C)Cn1c(=O)n(C)c(=O)c2c(SCCC(C)O)c(Cc3cccc4ccccc34)sc21. The van der Waals surface area contributed by atoms with Crippen LogP contribution in [0.2, 0.25) is 0 Å². The Hall–Kier alpha value is -2.35. The summed E-state index contributed by atoms with van der Waals surface area (Å²) in [6.07, 6.45) is 0.934. The van der Waals surface area contributed by atoms with E-state index in [1.807, 2.05) is 12.1 Å². The van der Waals surface area contributed by atoms with E-state index < -0.39 is 6.10 Å². The van der Waals surface area contributed by atoms with Gasteiger partial charge in [-0.1, -0.05) is 56.3 Å². The van der Waals surface area contributed by atoms with E-state index in [0.29, 0.717) is 30.5 Å². The summed E-state index contributed by atoms with van der Waals surface area (Å²) in [5, 5.41) is 12.8. The third kappa shape index (κ3) is 4.81. The molecule has 5 nitrogen and oxygen atoms in total. The standard InChI is InChI=1S/C26H30N2O3S2/c1-16(2)15-28-25-22(24(30)27(4)26(28)31)23(32-13-12-17(3)29)21(33-25)14-19-10-7-9-18-8-5-6-11-20(18)19/h5-11,16-17,29H,12-15H2,1-4H3. The number of rotatable bonds is 8. The topological polar surface area (TPSA) is 64.2 Å². The molecule has 174 valence electrons. The van der Waals surface area contributed by atoms with Gasteiger partial charge in [0.15, 0.2) is 0 Å². The molecule has 33 heavy (non-hydrogen) atoms. The number of aliphatic hydroxyl groups excluding tert-OH is 1. The molecule has 0 aliphatic rings. The van der Waals surface area contributed by atoms with Gasteiger partial charge in [-0.15, -0.1) is 23.1 Å². The lowest BCUT2D eigenvalue weighted by molar-refractivity contribution is 0.192. The van der Waals surface area contributed by atoms with Gasteiger partial charge in [0.1, 0.15) is 4.83 Å². The number of fused-ring (bicyclic) bond motifs is 2. The minimum atomic E-state index is -0.397. The molecule has 1 atom stereocenters. The summed E-state index contributed by atoms with van der Waals surface area (Å²) in [6.45, 7) is 6.50. The average molecular weight is 483 g/mol. The van der Waals surface area contributed by atoms with E-state index in [0.717, 1.165) is 14.6 Å². The normalized spacial score (nSPS) is 12.8. The molecule has 0 fully saturated rings. The zero-order valence-electron chi connectivity index (χ0n) is 19.5. The molecule has 0 bridgehead atoms. The third-order valence-corrected chi connectivity index (χ3v) is 8.28. The molecule has 0 saturated carbocycles. The zero-order valence-corrected chi connectivity index (χ0v) is 21.1. The molecule has 7 heteroatoms. The zero-order chi connectivity index (χ0) is 23.7. The molecule has 1 unspecified atom stereocenters. The second kappa shape index (κ2) is 9.87. The third-order valence-electron chi connectivity index (χ3n) is 5.76. The summed E-state index contributed by atoms with van der Waals surface area (Å²) in [5.74, 6) is 0.983. The van der Waals surface area contributed by atoms with Gasteiger partial charge >= 0.3 is 5.69 Å². The highest BCUT2D eigenvalue weighted by atomic mass is 32.2. The number of nitrogens with zero attached hydrogens (tertiary/aromatic N) is 2. The van der Waals surface area contributed by atoms with Crippen LogP contribution >= 0.6 is 23.1 Å². The summed E-state index contributed by atoms with van der Waals surface area (Å²) in [7, 11) is 1.56. The van der Waals surface area contributed by atoms with E-state index in [4.69, 9.17) is 0 Å². The van der Waals surface area contributed by atoms with E-state index in [1.54, 1.807) is 41.6 Å². The summed E-state index contributed by atoms with van der Waals surface area (Å²) < 4.78 is 3.00. The Labute approximate surface area is 201 Å². The van der Waals surface area contributed by atoms with E-state index in [9.17, 15) is 14.7 Å². The van der Waals surface area contributed by atoms with Crippen LogP contribution in [0.1, 0.15) is 37.6 Å². The van der Waals surface area contributed by atoms with Crippen molar-refractivity contribution in [2.75, 3.05) is 5.75 Å². The van der Waals surface area contributed by atoms with Crippen LogP contribution in [0.3, 0.4) is 0 Å². The van der Waals surface area contributed by atoms with Crippen LogP contribution in [-0.4, -0.2) is 26.1 Å². The average Bonchev–Trinajstić information content (AvgIpc) is 3.13. The Morgan fingerprint density at radius 2 is 1.79 bits per heavy atom. The van der Waals surface area contributed by atoms with Gasteiger partial charge in [0.05, 0.1) is 11.5 Å². The first-order valence-electron chi connectivity index (χ1n) is 11.3. The lowest BCUT2D eigenvalue weighted by Gasteiger charge is -2.12. The van der Waals surface area contributed by atoms with Crippen molar-refractivity contribution in [1.29, 1.82) is 0 Å². The van der Waals surface area contributed by atoms with Crippen LogP contribution in [-0.2, 0) is 20.0 Å². The molecule has 0 aliphatic heterocycles. The minimum Gasteiger partial charge on any atom is -0.393 e. The number of hydrogen-bond acceptors (Lipinski definition) is 5. The number of thiophene rings is 1. The van der Waals surface area contributed by atoms with Gasteiger partial charge in [0.2, 0.25) is 0 Å². The number of thioether (sulfide) groups is 1. The maximum Gasteiger partial charge on any atom is 0.331 e. The van der Waals surface area contributed by atoms with Gasteiger partial charge in [-0.2, -0.15) is 0 Å². The number of hydrogen-bond donors (Lipinski definition) is 1. The highest BCUT2D eigenvalue weighted by Gasteiger charge is 2.22. The fourth-order valence-electron chi connectivity index (χ4n) is 4.10. The highest BCUT2D eigenvalue weighted by Crippen LogP contribution is 2.39. The fourth-order valence-corrected chi connectivity index (χ4v) is 6.90. The lowest BCUT2D eigenvalue weighted by atomic mass is 10.0. The first-order chi connectivity index (χ1) is 15.8.